The van der Waals surface area contributed by atoms with Gasteiger partial charge in [0.25, 0.3) is 0 Å². The molecule has 6 N–H and O–H groups in total. The first-order chi connectivity index (χ1) is 17.1. The number of likely N-dealkylation sites (tertiary alicyclic amines) is 1. The number of thioether (sulfide) groups is 1. The fourth-order valence-corrected chi connectivity index (χ4v) is 5.98. The maximum atomic E-state index is 13.7. The average Bonchev–Trinajstić information content (AvgIpc) is 3.40. The van der Waals surface area contributed by atoms with E-state index in [1.165, 1.54) is 21.2 Å². The standard InChI is InChI=1S/C27H40N6O2S/c1-17-23(36-16-31-17)20-9-7-18(8-10-20)14-30-25(34)22-6-5-13-32(22)26(35)24(27(2,3)4)33(29)15-21(28)19-11-12-19/h7-10,15,19,22,24,31H,5-6,11-14,16,28-29H2,1-4H3,(H,30,34)/b21-15-/t22-,24+/m0/s1. The van der Waals surface area contributed by atoms with Gasteiger partial charge >= 0.3 is 0 Å². The van der Waals surface area contributed by atoms with E-state index in [1.54, 1.807) is 22.9 Å². The first kappa shape index (κ1) is 26.4. The maximum absolute atomic E-state index is 13.7. The number of carbonyl (C=O) groups excluding carboxylic acids is 2. The van der Waals surface area contributed by atoms with E-state index in [1.807, 2.05) is 32.9 Å². The summed E-state index contributed by atoms with van der Waals surface area (Å²) in [6, 6.07) is 7.17. The smallest absolute Gasteiger partial charge is 0.248 e. The Labute approximate surface area is 218 Å². The molecule has 2 atom stereocenters. The summed E-state index contributed by atoms with van der Waals surface area (Å²) in [5, 5.41) is 7.85. The van der Waals surface area contributed by atoms with Crippen LogP contribution >= 0.6 is 11.8 Å². The van der Waals surface area contributed by atoms with Crippen molar-refractivity contribution in [1.82, 2.24) is 20.5 Å². The van der Waals surface area contributed by atoms with Crippen LogP contribution in [0.4, 0.5) is 0 Å². The minimum absolute atomic E-state index is 0.122. The van der Waals surface area contributed by atoms with E-state index in [4.69, 9.17) is 11.6 Å². The number of nitrogens with one attached hydrogen (secondary N) is 2. The number of rotatable bonds is 8. The maximum Gasteiger partial charge on any atom is 0.248 e. The first-order valence-corrected chi connectivity index (χ1v) is 13.8. The lowest BCUT2D eigenvalue weighted by Gasteiger charge is -2.39. The number of benzene rings is 1. The molecule has 9 heteroatoms. The molecule has 3 aliphatic rings. The molecule has 1 aromatic carbocycles. The fraction of sp³-hybridized carbons (Fsp3) is 0.556. The van der Waals surface area contributed by atoms with Gasteiger partial charge in [0.05, 0.1) is 5.88 Å². The van der Waals surface area contributed by atoms with Crippen LogP contribution in [0.5, 0.6) is 0 Å². The van der Waals surface area contributed by atoms with Crippen molar-refractivity contribution in [3.63, 3.8) is 0 Å². The van der Waals surface area contributed by atoms with Gasteiger partial charge in [-0.15, -0.1) is 11.8 Å². The number of nitrogens with zero attached hydrogens (tertiary/aromatic N) is 2. The third kappa shape index (κ3) is 6.00. The van der Waals surface area contributed by atoms with E-state index in [2.05, 4.69) is 29.7 Å². The second-order valence-corrected chi connectivity index (χ2v) is 12.1. The van der Waals surface area contributed by atoms with E-state index in [0.29, 0.717) is 25.4 Å². The largest absolute Gasteiger partial charge is 0.401 e. The van der Waals surface area contributed by atoms with Crippen molar-refractivity contribution in [2.24, 2.45) is 22.9 Å². The van der Waals surface area contributed by atoms with Gasteiger partial charge in [0.2, 0.25) is 11.8 Å². The molecule has 2 heterocycles. The van der Waals surface area contributed by atoms with Crippen LogP contribution in [-0.2, 0) is 16.1 Å². The van der Waals surface area contributed by atoms with E-state index < -0.39 is 17.5 Å². The highest BCUT2D eigenvalue weighted by Gasteiger charge is 2.43. The van der Waals surface area contributed by atoms with E-state index in [9.17, 15) is 9.59 Å². The quantitative estimate of drug-likeness (QED) is 0.312. The molecule has 196 valence electrons. The van der Waals surface area contributed by atoms with Crippen molar-refractivity contribution in [3.8, 4) is 0 Å². The molecule has 0 aromatic heterocycles. The number of carbonyl (C=O) groups is 2. The third-order valence-corrected chi connectivity index (χ3v) is 8.23. The number of hydrazine groups is 1. The van der Waals surface area contributed by atoms with Crippen molar-refractivity contribution in [2.45, 2.75) is 72.0 Å². The Balaban J connectivity index is 1.40. The van der Waals surface area contributed by atoms with Crippen molar-refractivity contribution >= 4 is 28.5 Å². The molecule has 36 heavy (non-hydrogen) atoms. The first-order valence-electron chi connectivity index (χ1n) is 12.8. The summed E-state index contributed by atoms with van der Waals surface area (Å²) in [5.74, 6) is 7.40. The zero-order valence-electron chi connectivity index (χ0n) is 21.8. The lowest BCUT2D eigenvalue weighted by atomic mass is 9.85. The summed E-state index contributed by atoms with van der Waals surface area (Å²) in [7, 11) is 0. The van der Waals surface area contributed by atoms with Crippen LogP contribution < -0.4 is 22.2 Å². The van der Waals surface area contributed by atoms with Crippen LogP contribution in [0, 0.1) is 11.3 Å². The zero-order valence-corrected chi connectivity index (χ0v) is 22.7. The van der Waals surface area contributed by atoms with Gasteiger partial charge in [0.15, 0.2) is 0 Å². The van der Waals surface area contributed by atoms with Crippen molar-refractivity contribution in [1.29, 1.82) is 0 Å². The normalized spacial score (nSPS) is 21.4. The Morgan fingerprint density at radius 2 is 1.94 bits per heavy atom. The highest BCUT2D eigenvalue weighted by molar-refractivity contribution is 8.08. The lowest BCUT2D eigenvalue weighted by Crippen LogP contribution is -2.58. The molecule has 2 fully saturated rings. The number of nitrogens with two attached hydrogens (primary N) is 2. The highest BCUT2D eigenvalue weighted by Crippen LogP contribution is 2.35. The van der Waals surface area contributed by atoms with Crippen LogP contribution in [0.1, 0.15) is 64.5 Å². The molecule has 0 spiro atoms. The van der Waals surface area contributed by atoms with Gasteiger partial charge < -0.3 is 26.3 Å². The van der Waals surface area contributed by atoms with Crippen LogP contribution in [0.15, 0.2) is 41.9 Å². The van der Waals surface area contributed by atoms with Crippen LogP contribution in [0.25, 0.3) is 4.91 Å². The molecule has 0 unspecified atom stereocenters. The van der Waals surface area contributed by atoms with Crippen LogP contribution in [-0.4, -0.2) is 46.2 Å². The molecular weight excluding hydrogens is 472 g/mol. The van der Waals surface area contributed by atoms with Crippen molar-refractivity contribution in [3.05, 3.63) is 53.0 Å². The number of hydrogen-bond acceptors (Lipinski definition) is 7. The Hall–Kier alpha value is -2.65. The predicted octanol–water partition coefficient (Wildman–Crippen LogP) is 3.08. The Bertz CT molecular complexity index is 1040. The lowest BCUT2D eigenvalue weighted by molar-refractivity contribution is -0.145. The molecule has 1 aliphatic carbocycles. The Morgan fingerprint density at radius 1 is 1.25 bits per heavy atom. The van der Waals surface area contributed by atoms with E-state index in [-0.39, 0.29) is 11.8 Å². The molecule has 0 radical (unpaired) electrons. The molecular formula is C27H40N6O2S. The topological polar surface area (TPSA) is 117 Å². The molecule has 1 saturated carbocycles. The van der Waals surface area contributed by atoms with Gasteiger partial charge in [0.1, 0.15) is 12.1 Å². The SMILES string of the molecule is CC1=C(c2ccc(CNC(=O)[C@@H]3CCCN3C(=O)[C@@H](N(N)/C=C(\N)C3CC3)C(C)(C)C)cc2)SCN1. The fourth-order valence-electron chi connectivity index (χ4n) is 4.96. The van der Waals surface area contributed by atoms with Crippen molar-refractivity contribution in [2.75, 3.05) is 12.4 Å². The number of hydrogen-bond donors (Lipinski definition) is 4. The molecule has 2 aliphatic heterocycles. The van der Waals surface area contributed by atoms with E-state index in [0.717, 1.165) is 36.4 Å². The second-order valence-electron chi connectivity index (χ2n) is 11.1. The number of amides is 2. The van der Waals surface area contributed by atoms with Gasteiger partial charge in [-0.05, 0) is 49.1 Å². The number of allylic oxidation sites excluding steroid dienone is 2. The highest BCUT2D eigenvalue weighted by atomic mass is 32.2. The summed E-state index contributed by atoms with van der Waals surface area (Å²) in [6.07, 6.45) is 5.28. The van der Waals surface area contributed by atoms with Crippen molar-refractivity contribution < 1.29 is 9.59 Å². The van der Waals surface area contributed by atoms with Crippen LogP contribution in [0.3, 0.4) is 0 Å². The average molecular weight is 513 g/mol. The molecule has 2 amide bonds. The van der Waals surface area contributed by atoms with E-state index >= 15 is 0 Å². The van der Waals surface area contributed by atoms with Gasteiger partial charge in [-0.2, -0.15) is 0 Å². The molecule has 4 rings (SSSR count). The monoisotopic (exact) mass is 512 g/mol. The summed E-state index contributed by atoms with van der Waals surface area (Å²) in [4.78, 5) is 29.9. The molecule has 1 saturated heterocycles. The van der Waals surface area contributed by atoms with Gasteiger partial charge in [-0.25, -0.2) is 5.84 Å². The Kier molecular flexibility index (Phi) is 7.90. The minimum atomic E-state index is -0.614. The summed E-state index contributed by atoms with van der Waals surface area (Å²) < 4.78 is 0. The van der Waals surface area contributed by atoms with Gasteiger partial charge in [-0.3, -0.25) is 9.59 Å². The summed E-state index contributed by atoms with van der Waals surface area (Å²) in [5.41, 5.74) is 9.87. The predicted molar refractivity (Wildman–Crippen MR) is 145 cm³/mol. The van der Waals surface area contributed by atoms with Crippen LogP contribution in [0.2, 0.25) is 0 Å². The zero-order chi connectivity index (χ0) is 26.0. The summed E-state index contributed by atoms with van der Waals surface area (Å²) >= 11 is 1.80. The molecule has 8 nitrogen and oxygen atoms in total. The molecule has 1 aromatic rings. The summed E-state index contributed by atoms with van der Waals surface area (Å²) in [6.45, 7) is 9.03. The second kappa shape index (κ2) is 10.8. The Morgan fingerprint density at radius 3 is 2.53 bits per heavy atom. The minimum Gasteiger partial charge on any atom is -0.401 e. The third-order valence-electron chi connectivity index (χ3n) is 7.12. The van der Waals surface area contributed by atoms with Gasteiger partial charge in [-0.1, -0.05) is 45.0 Å². The van der Waals surface area contributed by atoms with Gasteiger partial charge in [0, 0.05) is 41.5 Å². The molecule has 0 bridgehead atoms.